The summed E-state index contributed by atoms with van der Waals surface area (Å²) in [6.07, 6.45) is 1.66. The van der Waals surface area contributed by atoms with E-state index in [1.54, 1.807) is 36.4 Å². The van der Waals surface area contributed by atoms with Gasteiger partial charge in [0.2, 0.25) is 0 Å². The highest BCUT2D eigenvalue weighted by Crippen LogP contribution is 2.35. The second kappa shape index (κ2) is 11.3. The van der Waals surface area contributed by atoms with Gasteiger partial charge in [-0.05, 0) is 84.3 Å². The van der Waals surface area contributed by atoms with Crippen LogP contribution < -0.4 is 14.2 Å². The Labute approximate surface area is 213 Å². The van der Waals surface area contributed by atoms with E-state index in [1.165, 1.54) is 24.1 Å². The molecule has 0 unspecified atom stereocenters. The lowest BCUT2D eigenvalue weighted by atomic mass is 10.1. The Kier molecular flexibility index (Phi) is 7.95. The van der Waals surface area contributed by atoms with Crippen molar-refractivity contribution in [3.05, 3.63) is 93.6 Å². The average Bonchev–Trinajstić information content (AvgIpc) is 3.13. The van der Waals surface area contributed by atoms with E-state index >= 15 is 0 Å². The van der Waals surface area contributed by atoms with E-state index in [4.69, 9.17) is 14.2 Å². The fourth-order valence-corrected chi connectivity index (χ4v) is 4.45. The van der Waals surface area contributed by atoms with Crippen LogP contribution in [0.15, 0.2) is 65.6 Å². The molecule has 1 saturated heterocycles. The molecule has 0 aliphatic carbocycles. The average molecular weight is 508 g/mol. The molecular formula is C28H26FNO5S. The zero-order chi connectivity index (χ0) is 25.7. The quantitative estimate of drug-likeness (QED) is 0.324. The molecule has 4 rings (SSSR count). The van der Waals surface area contributed by atoms with Gasteiger partial charge in [0.1, 0.15) is 24.8 Å². The van der Waals surface area contributed by atoms with Crippen LogP contribution in [0, 0.1) is 19.7 Å². The van der Waals surface area contributed by atoms with Crippen LogP contribution in [0.4, 0.5) is 9.18 Å². The first-order valence-corrected chi connectivity index (χ1v) is 12.2. The summed E-state index contributed by atoms with van der Waals surface area (Å²) in [7, 11) is 1.52. The molecule has 0 radical (unpaired) electrons. The number of hydrogen-bond acceptors (Lipinski definition) is 6. The van der Waals surface area contributed by atoms with Crippen LogP contribution in [0.2, 0.25) is 0 Å². The molecule has 1 fully saturated rings. The maximum Gasteiger partial charge on any atom is 0.293 e. The van der Waals surface area contributed by atoms with Gasteiger partial charge in [0.15, 0.2) is 11.5 Å². The Morgan fingerprint density at radius 1 is 0.917 bits per heavy atom. The molecule has 36 heavy (non-hydrogen) atoms. The molecule has 2 amide bonds. The number of carbonyl (C=O) groups excluding carboxylic acids is 2. The van der Waals surface area contributed by atoms with Gasteiger partial charge in [0.25, 0.3) is 11.1 Å². The number of carbonyl (C=O) groups is 2. The van der Waals surface area contributed by atoms with Crippen LogP contribution in [0.25, 0.3) is 6.08 Å². The minimum absolute atomic E-state index is 0.162. The largest absolute Gasteiger partial charge is 0.493 e. The second-order valence-electron chi connectivity index (χ2n) is 8.28. The maximum absolute atomic E-state index is 13.1. The number of nitrogens with zero attached hydrogens (tertiary/aromatic N) is 1. The smallest absolute Gasteiger partial charge is 0.293 e. The first kappa shape index (κ1) is 25.3. The molecular weight excluding hydrogens is 481 g/mol. The van der Waals surface area contributed by atoms with Gasteiger partial charge >= 0.3 is 0 Å². The Balaban J connectivity index is 1.40. The van der Waals surface area contributed by atoms with Gasteiger partial charge in [-0.3, -0.25) is 14.5 Å². The number of imide groups is 1. The minimum Gasteiger partial charge on any atom is -0.493 e. The predicted octanol–water partition coefficient (Wildman–Crippen LogP) is 6.15. The molecule has 0 saturated carbocycles. The number of methoxy groups -OCH3 is 1. The van der Waals surface area contributed by atoms with Gasteiger partial charge < -0.3 is 14.2 Å². The number of thioether (sulfide) groups is 1. The van der Waals surface area contributed by atoms with Crippen LogP contribution in [0.5, 0.6) is 17.2 Å². The topological polar surface area (TPSA) is 65.1 Å². The highest BCUT2D eigenvalue weighted by molar-refractivity contribution is 8.18. The second-order valence-corrected chi connectivity index (χ2v) is 9.27. The number of halogens is 1. The standard InChI is InChI=1S/C28H26FNO5S/c1-18-4-5-19(2)24(14-18)34-13-12-30-27(31)26(36-28(30)32)16-21-8-11-23(25(15-21)33-3)35-17-20-6-9-22(29)10-7-20/h4-11,14-16H,12-13,17H2,1-3H3/b26-16-. The predicted molar refractivity (Wildman–Crippen MR) is 138 cm³/mol. The Morgan fingerprint density at radius 3 is 2.44 bits per heavy atom. The molecule has 1 aliphatic heterocycles. The Morgan fingerprint density at radius 2 is 1.69 bits per heavy atom. The zero-order valence-electron chi connectivity index (χ0n) is 20.2. The molecule has 186 valence electrons. The lowest BCUT2D eigenvalue weighted by Gasteiger charge is -2.14. The van der Waals surface area contributed by atoms with Gasteiger partial charge in [0, 0.05) is 0 Å². The molecule has 6 nitrogen and oxygen atoms in total. The fourth-order valence-electron chi connectivity index (χ4n) is 3.59. The van der Waals surface area contributed by atoms with Gasteiger partial charge in [0.05, 0.1) is 18.6 Å². The minimum atomic E-state index is -0.356. The summed E-state index contributed by atoms with van der Waals surface area (Å²) >= 11 is 0.895. The van der Waals surface area contributed by atoms with Crippen molar-refractivity contribution in [1.29, 1.82) is 0 Å². The van der Waals surface area contributed by atoms with E-state index in [9.17, 15) is 14.0 Å². The van der Waals surface area contributed by atoms with Gasteiger partial charge in [-0.2, -0.15) is 0 Å². The van der Waals surface area contributed by atoms with Crippen LogP contribution in [0.3, 0.4) is 0 Å². The number of amides is 2. The molecule has 1 aliphatic rings. The molecule has 8 heteroatoms. The number of rotatable bonds is 9. The first-order chi connectivity index (χ1) is 17.3. The van der Waals surface area contributed by atoms with Crippen molar-refractivity contribution in [2.24, 2.45) is 0 Å². The molecule has 1 heterocycles. The van der Waals surface area contributed by atoms with Crippen molar-refractivity contribution in [3.63, 3.8) is 0 Å². The Hall–Kier alpha value is -3.78. The third-order valence-corrected chi connectivity index (χ3v) is 6.49. The third kappa shape index (κ3) is 6.07. The van der Waals surface area contributed by atoms with E-state index < -0.39 is 0 Å². The summed E-state index contributed by atoms with van der Waals surface area (Å²) in [5.74, 6) is 1.07. The highest BCUT2D eigenvalue weighted by atomic mass is 32.2. The van der Waals surface area contributed by atoms with Crippen molar-refractivity contribution in [2.45, 2.75) is 20.5 Å². The van der Waals surface area contributed by atoms with Crippen molar-refractivity contribution in [1.82, 2.24) is 4.90 Å². The highest BCUT2D eigenvalue weighted by Gasteiger charge is 2.34. The first-order valence-electron chi connectivity index (χ1n) is 11.3. The summed E-state index contributed by atoms with van der Waals surface area (Å²) in [5.41, 5.74) is 3.58. The molecule has 0 N–H and O–H groups in total. The van der Waals surface area contributed by atoms with Gasteiger partial charge in [-0.15, -0.1) is 0 Å². The monoisotopic (exact) mass is 507 g/mol. The molecule has 3 aromatic carbocycles. The van der Waals surface area contributed by atoms with E-state index in [2.05, 4.69) is 0 Å². The van der Waals surface area contributed by atoms with Crippen LogP contribution >= 0.6 is 11.8 Å². The summed E-state index contributed by atoms with van der Waals surface area (Å²) in [4.78, 5) is 26.9. The van der Waals surface area contributed by atoms with Crippen molar-refractivity contribution < 1.29 is 28.2 Å². The summed E-state index contributed by atoms with van der Waals surface area (Å²) < 4.78 is 30.2. The molecule has 0 bridgehead atoms. The zero-order valence-corrected chi connectivity index (χ0v) is 21.1. The lowest BCUT2D eigenvalue weighted by molar-refractivity contribution is -0.123. The fraction of sp³-hybridized carbons (Fsp3) is 0.214. The molecule has 0 aromatic heterocycles. The van der Waals surface area contributed by atoms with Crippen LogP contribution in [-0.2, 0) is 11.4 Å². The van der Waals surface area contributed by atoms with Crippen molar-refractivity contribution >= 4 is 29.0 Å². The SMILES string of the molecule is COc1cc(/C=C2\SC(=O)N(CCOc3cc(C)ccc3C)C2=O)ccc1OCc1ccc(F)cc1. The lowest BCUT2D eigenvalue weighted by Crippen LogP contribution is -2.32. The third-order valence-electron chi connectivity index (χ3n) is 5.58. The molecule has 0 atom stereocenters. The van der Waals surface area contributed by atoms with E-state index in [0.717, 1.165) is 34.2 Å². The summed E-state index contributed by atoms with van der Waals surface area (Å²) in [6, 6.07) is 17.2. The summed E-state index contributed by atoms with van der Waals surface area (Å²) in [5, 5.41) is -0.331. The Bertz CT molecular complexity index is 1310. The van der Waals surface area contributed by atoms with Gasteiger partial charge in [-0.25, -0.2) is 4.39 Å². The van der Waals surface area contributed by atoms with Crippen LogP contribution in [0.1, 0.15) is 22.3 Å². The maximum atomic E-state index is 13.1. The van der Waals surface area contributed by atoms with Gasteiger partial charge in [-0.1, -0.05) is 30.3 Å². The number of hydrogen-bond donors (Lipinski definition) is 0. The number of ether oxygens (including phenoxy) is 3. The molecule has 0 spiro atoms. The van der Waals surface area contributed by atoms with Crippen molar-refractivity contribution in [3.8, 4) is 17.2 Å². The number of benzene rings is 3. The number of aryl methyl sites for hydroxylation is 2. The normalized spacial score (nSPS) is 14.4. The molecule has 3 aromatic rings. The summed E-state index contributed by atoms with van der Waals surface area (Å²) in [6.45, 7) is 4.55. The van der Waals surface area contributed by atoms with Crippen molar-refractivity contribution in [2.75, 3.05) is 20.3 Å². The van der Waals surface area contributed by atoms with Crippen LogP contribution in [-0.4, -0.2) is 36.3 Å². The van der Waals surface area contributed by atoms with E-state index in [0.29, 0.717) is 22.0 Å². The van der Waals surface area contributed by atoms with E-state index in [-0.39, 0.29) is 36.7 Å². The van der Waals surface area contributed by atoms with E-state index in [1.807, 2.05) is 32.0 Å².